The van der Waals surface area contributed by atoms with Crippen LogP contribution in [0.25, 0.3) is 0 Å². The van der Waals surface area contributed by atoms with Crippen LogP contribution >= 0.6 is 0 Å². The number of aryl methyl sites for hydroxylation is 1. The summed E-state index contributed by atoms with van der Waals surface area (Å²) in [5.74, 6) is 0.421. The normalized spacial score (nSPS) is 23.9. The van der Waals surface area contributed by atoms with Gasteiger partial charge in [0.25, 0.3) is 0 Å². The Hall–Kier alpha value is -1.18. The lowest BCUT2D eigenvalue weighted by Gasteiger charge is -2.30. The molecule has 1 aliphatic rings. The Morgan fingerprint density at radius 3 is 2.78 bits per heavy atom. The first-order valence-corrected chi connectivity index (χ1v) is 6.94. The van der Waals surface area contributed by atoms with Crippen LogP contribution in [0, 0.1) is 24.6 Å². The lowest BCUT2D eigenvalue weighted by Crippen LogP contribution is -2.27. The molecule has 1 nitrogen and oxygen atoms in total. The van der Waals surface area contributed by atoms with Gasteiger partial charge in [-0.1, -0.05) is 32.3 Å². The van der Waals surface area contributed by atoms with E-state index >= 15 is 0 Å². The number of Topliss-reactive ketones (excluding diaryl/α,β-unsaturated/α-hetero) is 1. The molecule has 2 heteroatoms. The maximum absolute atomic E-state index is 13.3. The maximum atomic E-state index is 13.3. The van der Waals surface area contributed by atoms with Gasteiger partial charge in [-0.2, -0.15) is 0 Å². The third kappa shape index (κ3) is 2.63. The molecule has 0 radical (unpaired) electrons. The third-order valence-electron chi connectivity index (χ3n) is 4.24. The summed E-state index contributed by atoms with van der Waals surface area (Å²) in [6.45, 7) is 4.03. The molecular formula is C16H21FO. The van der Waals surface area contributed by atoms with Gasteiger partial charge >= 0.3 is 0 Å². The van der Waals surface area contributed by atoms with Crippen LogP contribution in [0.5, 0.6) is 0 Å². The predicted octanol–water partition coefficient (Wildman–Crippen LogP) is 4.53. The van der Waals surface area contributed by atoms with E-state index in [9.17, 15) is 9.18 Å². The van der Waals surface area contributed by atoms with Crippen molar-refractivity contribution in [2.45, 2.75) is 46.0 Å². The molecule has 0 aliphatic heterocycles. The van der Waals surface area contributed by atoms with Crippen LogP contribution in [0.3, 0.4) is 0 Å². The van der Waals surface area contributed by atoms with Gasteiger partial charge in [-0.25, -0.2) is 4.39 Å². The van der Waals surface area contributed by atoms with Crippen LogP contribution in [0.1, 0.15) is 54.9 Å². The Kier molecular flexibility index (Phi) is 4.15. The zero-order valence-electron chi connectivity index (χ0n) is 11.2. The highest BCUT2D eigenvalue weighted by Crippen LogP contribution is 2.35. The summed E-state index contributed by atoms with van der Waals surface area (Å²) in [7, 11) is 0. The number of rotatable bonds is 3. The van der Waals surface area contributed by atoms with E-state index in [-0.39, 0.29) is 17.5 Å². The highest BCUT2D eigenvalue weighted by Gasteiger charge is 2.30. The lowest BCUT2D eigenvalue weighted by atomic mass is 9.74. The van der Waals surface area contributed by atoms with Crippen molar-refractivity contribution in [3.8, 4) is 0 Å². The minimum absolute atomic E-state index is 0.101. The van der Waals surface area contributed by atoms with E-state index in [1.54, 1.807) is 6.07 Å². The Morgan fingerprint density at radius 2 is 2.06 bits per heavy atom. The van der Waals surface area contributed by atoms with E-state index in [4.69, 9.17) is 0 Å². The Labute approximate surface area is 108 Å². The molecule has 0 heterocycles. The van der Waals surface area contributed by atoms with E-state index in [0.717, 1.165) is 31.2 Å². The van der Waals surface area contributed by atoms with Gasteiger partial charge in [-0.15, -0.1) is 0 Å². The summed E-state index contributed by atoms with van der Waals surface area (Å²) >= 11 is 0. The zero-order valence-corrected chi connectivity index (χ0v) is 11.2. The van der Waals surface area contributed by atoms with Crippen molar-refractivity contribution in [1.29, 1.82) is 0 Å². The van der Waals surface area contributed by atoms with Crippen molar-refractivity contribution in [3.05, 3.63) is 35.1 Å². The van der Waals surface area contributed by atoms with Gasteiger partial charge < -0.3 is 0 Å². The van der Waals surface area contributed by atoms with Crippen LogP contribution in [-0.2, 0) is 0 Å². The Balaban J connectivity index is 2.26. The second-order valence-electron chi connectivity index (χ2n) is 5.38. The van der Waals surface area contributed by atoms with Gasteiger partial charge in [0.15, 0.2) is 5.78 Å². The lowest BCUT2D eigenvalue weighted by molar-refractivity contribution is 0.0819. The SMILES string of the molecule is CCC1CCCCC1C(=O)c1cc(F)ccc1C. The molecule has 18 heavy (non-hydrogen) atoms. The van der Waals surface area contributed by atoms with Crippen LogP contribution in [-0.4, -0.2) is 5.78 Å². The Bertz CT molecular complexity index is 439. The maximum Gasteiger partial charge on any atom is 0.166 e. The third-order valence-corrected chi connectivity index (χ3v) is 4.24. The second kappa shape index (κ2) is 5.64. The Morgan fingerprint density at radius 1 is 1.33 bits per heavy atom. The van der Waals surface area contributed by atoms with E-state index in [0.29, 0.717) is 11.5 Å². The van der Waals surface area contributed by atoms with Gasteiger partial charge in [0.05, 0.1) is 0 Å². The topological polar surface area (TPSA) is 17.1 Å². The number of ketones is 1. The molecular weight excluding hydrogens is 227 g/mol. The van der Waals surface area contributed by atoms with Crippen LogP contribution < -0.4 is 0 Å². The number of hydrogen-bond acceptors (Lipinski definition) is 1. The summed E-state index contributed by atoms with van der Waals surface area (Å²) in [4.78, 5) is 12.6. The predicted molar refractivity (Wildman–Crippen MR) is 71.2 cm³/mol. The van der Waals surface area contributed by atoms with Crippen molar-refractivity contribution in [1.82, 2.24) is 0 Å². The molecule has 0 aromatic heterocycles. The van der Waals surface area contributed by atoms with E-state index < -0.39 is 0 Å². The molecule has 1 fully saturated rings. The molecule has 0 N–H and O–H groups in total. The molecule has 2 unspecified atom stereocenters. The monoisotopic (exact) mass is 248 g/mol. The number of carbonyl (C=O) groups excluding carboxylic acids is 1. The first-order valence-electron chi connectivity index (χ1n) is 6.94. The zero-order chi connectivity index (χ0) is 13.1. The first kappa shape index (κ1) is 13.3. The molecule has 1 aromatic rings. The molecule has 0 saturated heterocycles. The summed E-state index contributed by atoms with van der Waals surface area (Å²) < 4.78 is 13.3. The first-order chi connectivity index (χ1) is 8.63. The van der Waals surface area contributed by atoms with Gasteiger partial charge in [-0.3, -0.25) is 4.79 Å². The average Bonchev–Trinajstić information content (AvgIpc) is 2.40. The summed E-state index contributed by atoms with van der Waals surface area (Å²) in [5, 5.41) is 0. The van der Waals surface area contributed by atoms with E-state index in [2.05, 4.69) is 6.92 Å². The second-order valence-corrected chi connectivity index (χ2v) is 5.38. The number of carbonyl (C=O) groups is 1. The van der Waals surface area contributed by atoms with Gasteiger partial charge in [-0.05, 0) is 43.4 Å². The standard InChI is InChI=1S/C16H21FO/c1-3-12-6-4-5-7-14(12)16(18)15-10-13(17)9-8-11(15)2/h8-10,12,14H,3-7H2,1-2H3. The molecule has 1 saturated carbocycles. The quantitative estimate of drug-likeness (QED) is 0.718. The molecule has 2 rings (SSSR count). The molecule has 0 amide bonds. The van der Waals surface area contributed by atoms with E-state index in [1.807, 2.05) is 6.92 Å². The summed E-state index contributed by atoms with van der Waals surface area (Å²) in [6, 6.07) is 4.52. The van der Waals surface area contributed by atoms with Crippen LogP contribution in [0.2, 0.25) is 0 Å². The molecule has 1 aliphatic carbocycles. The number of hydrogen-bond donors (Lipinski definition) is 0. The fourth-order valence-electron chi connectivity index (χ4n) is 3.10. The van der Waals surface area contributed by atoms with Crippen molar-refractivity contribution < 1.29 is 9.18 Å². The smallest absolute Gasteiger partial charge is 0.166 e. The van der Waals surface area contributed by atoms with Crippen LogP contribution in [0.4, 0.5) is 4.39 Å². The van der Waals surface area contributed by atoms with Crippen molar-refractivity contribution >= 4 is 5.78 Å². The fourth-order valence-corrected chi connectivity index (χ4v) is 3.10. The van der Waals surface area contributed by atoms with Gasteiger partial charge in [0.2, 0.25) is 0 Å². The fraction of sp³-hybridized carbons (Fsp3) is 0.562. The van der Waals surface area contributed by atoms with Crippen molar-refractivity contribution in [2.75, 3.05) is 0 Å². The molecule has 2 atom stereocenters. The van der Waals surface area contributed by atoms with E-state index in [1.165, 1.54) is 18.6 Å². The number of benzene rings is 1. The molecule has 0 bridgehead atoms. The largest absolute Gasteiger partial charge is 0.294 e. The van der Waals surface area contributed by atoms with Crippen molar-refractivity contribution in [2.24, 2.45) is 11.8 Å². The number of halogens is 1. The van der Waals surface area contributed by atoms with Gasteiger partial charge in [0.1, 0.15) is 5.82 Å². The minimum atomic E-state index is -0.312. The summed E-state index contributed by atoms with van der Waals surface area (Å²) in [5.41, 5.74) is 1.47. The van der Waals surface area contributed by atoms with Crippen LogP contribution in [0.15, 0.2) is 18.2 Å². The highest BCUT2D eigenvalue weighted by molar-refractivity contribution is 5.99. The molecule has 98 valence electrons. The summed E-state index contributed by atoms with van der Waals surface area (Å²) in [6.07, 6.45) is 5.50. The molecule has 1 aromatic carbocycles. The highest BCUT2D eigenvalue weighted by atomic mass is 19.1. The van der Waals surface area contributed by atoms with Gasteiger partial charge in [0, 0.05) is 11.5 Å². The van der Waals surface area contributed by atoms with Crippen molar-refractivity contribution in [3.63, 3.8) is 0 Å². The minimum Gasteiger partial charge on any atom is -0.294 e. The molecule has 0 spiro atoms. The average molecular weight is 248 g/mol.